The molecule has 1 rings (SSSR count). The van der Waals surface area contributed by atoms with Crippen LogP contribution in [0.2, 0.25) is 5.02 Å². The van der Waals surface area contributed by atoms with Crippen LogP contribution in [0.5, 0.6) is 0 Å². The monoisotopic (exact) mass is 281 g/mol. The summed E-state index contributed by atoms with van der Waals surface area (Å²) in [6, 6.07) is 6.52. The van der Waals surface area contributed by atoms with E-state index < -0.39 is 11.9 Å². The number of carbonyl (C=O) groups is 2. The number of halogens is 1. The molecule has 0 saturated heterocycles. The Kier molecular flexibility index (Phi) is 5.57. The van der Waals surface area contributed by atoms with Crippen LogP contribution in [-0.4, -0.2) is 18.5 Å². The predicted molar refractivity (Wildman–Crippen MR) is 74.4 cm³/mol. The van der Waals surface area contributed by atoms with E-state index in [4.69, 9.17) is 22.1 Å². The third kappa shape index (κ3) is 5.14. The van der Waals surface area contributed by atoms with Crippen molar-refractivity contribution in [1.82, 2.24) is 0 Å². The Labute approximate surface area is 117 Å². The van der Waals surface area contributed by atoms with Gasteiger partial charge >= 0.3 is 5.97 Å². The molecule has 4 nitrogen and oxygen atoms in total. The minimum atomic E-state index is -0.702. The molecule has 0 atom stereocenters. The molecule has 0 spiro atoms. The van der Waals surface area contributed by atoms with E-state index in [2.05, 4.69) is 0 Å². The van der Waals surface area contributed by atoms with E-state index >= 15 is 0 Å². The van der Waals surface area contributed by atoms with Crippen LogP contribution in [-0.2, 0) is 14.3 Å². The molecule has 19 heavy (non-hydrogen) atoms. The number of benzene rings is 1. The molecule has 1 aromatic carbocycles. The first-order chi connectivity index (χ1) is 8.90. The van der Waals surface area contributed by atoms with Crippen molar-refractivity contribution in [1.29, 1.82) is 0 Å². The van der Waals surface area contributed by atoms with Crippen molar-refractivity contribution in [2.45, 2.75) is 13.8 Å². The van der Waals surface area contributed by atoms with Gasteiger partial charge in [-0.1, -0.05) is 37.6 Å². The van der Waals surface area contributed by atoms with Gasteiger partial charge in [-0.3, -0.25) is 4.79 Å². The summed E-state index contributed by atoms with van der Waals surface area (Å²) in [6.45, 7) is 4.13. The van der Waals surface area contributed by atoms with E-state index in [1.54, 1.807) is 24.3 Å². The fourth-order valence-electron chi connectivity index (χ4n) is 1.35. The summed E-state index contributed by atoms with van der Waals surface area (Å²) in [5, 5.41) is 0.540. The number of esters is 1. The number of primary amides is 1. The summed E-state index contributed by atoms with van der Waals surface area (Å²) in [5.41, 5.74) is 5.77. The quantitative estimate of drug-likeness (QED) is 0.665. The molecule has 5 heteroatoms. The summed E-state index contributed by atoms with van der Waals surface area (Å²) in [4.78, 5) is 22.9. The van der Waals surface area contributed by atoms with Crippen molar-refractivity contribution in [3.05, 3.63) is 40.9 Å². The van der Waals surface area contributed by atoms with Gasteiger partial charge in [0.25, 0.3) is 0 Å². The molecule has 0 aliphatic carbocycles. The Bertz CT molecular complexity index is 492. The van der Waals surface area contributed by atoms with Crippen LogP contribution in [0.1, 0.15) is 19.4 Å². The van der Waals surface area contributed by atoms with E-state index in [-0.39, 0.29) is 18.1 Å². The fraction of sp³-hybridized carbons (Fsp3) is 0.286. The number of rotatable bonds is 5. The van der Waals surface area contributed by atoms with Crippen LogP contribution in [0.4, 0.5) is 0 Å². The second-order valence-corrected chi connectivity index (χ2v) is 4.90. The summed E-state index contributed by atoms with van der Waals surface area (Å²) in [7, 11) is 0. The van der Waals surface area contributed by atoms with E-state index in [1.807, 2.05) is 13.8 Å². The first-order valence-electron chi connectivity index (χ1n) is 5.84. The molecular formula is C14H16ClNO3. The average Bonchev–Trinajstić information content (AvgIpc) is 2.34. The van der Waals surface area contributed by atoms with Crippen LogP contribution in [0.25, 0.3) is 5.57 Å². The zero-order valence-electron chi connectivity index (χ0n) is 10.9. The number of carbonyl (C=O) groups excluding carboxylic acids is 2. The molecule has 0 saturated carbocycles. The topological polar surface area (TPSA) is 69.4 Å². The lowest BCUT2D eigenvalue weighted by Gasteiger charge is -2.10. The van der Waals surface area contributed by atoms with Crippen molar-refractivity contribution in [3.63, 3.8) is 0 Å². The Balaban J connectivity index is 2.99. The van der Waals surface area contributed by atoms with Gasteiger partial charge < -0.3 is 10.5 Å². The van der Waals surface area contributed by atoms with Gasteiger partial charge in [0.15, 0.2) is 0 Å². The highest BCUT2D eigenvalue weighted by Crippen LogP contribution is 2.19. The third-order valence-electron chi connectivity index (χ3n) is 2.21. The number of ether oxygens (including phenoxy) is 1. The Hall–Kier alpha value is -1.81. The molecule has 0 radical (unpaired) electrons. The molecule has 102 valence electrons. The lowest BCUT2D eigenvalue weighted by Crippen LogP contribution is -2.15. The second kappa shape index (κ2) is 6.95. The number of nitrogens with two attached hydrogens (primary N) is 1. The zero-order chi connectivity index (χ0) is 14.4. The highest BCUT2D eigenvalue weighted by Gasteiger charge is 2.15. The van der Waals surface area contributed by atoms with Crippen molar-refractivity contribution in [2.75, 3.05) is 6.61 Å². The molecule has 0 unspecified atom stereocenters. The van der Waals surface area contributed by atoms with E-state index in [0.29, 0.717) is 10.6 Å². The van der Waals surface area contributed by atoms with Crippen LogP contribution >= 0.6 is 11.6 Å². The molecule has 2 N–H and O–H groups in total. The van der Waals surface area contributed by atoms with Crippen molar-refractivity contribution in [2.24, 2.45) is 11.7 Å². The maximum absolute atomic E-state index is 11.9. The number of amides is 1. The molecule has 0 fully saturated rings. The highest BCUT2D eigenvalue weighted by atomic mass is 35.5. The minimum absolute atomic E-state index is 0.129. The van der Waals surface area contributed by atoms with Gasteiger partial charge in [0.2, 0.25) is 5.91 Å². The molecule has 0 aliphatic rings. The molecule has 0 heterocycles. The lowest BCUT2D eigenvalue weighted by molar-refractivity contribution is -0.137. The molecule has 0 bridgehead atoms. The lowest BCUT2D eigenvalue weighted by atomic mass is 10.1. The van der Waals surface area contributed by atoms with Gasteiger partial charge in [-0.15, -0.1) is 0 Å². The Morgan fingerprint density at radius 3 is 2.37 bits per heavy atom. The van der Waals surface area contributed by atoms with E-state index in [1.165, 1.54) is 0 Å². The smallest absolute Gasteiger partial charge is 0.338 e. The SMILES string of the molecule is CC(C)COC(=O)C(=CC(N)=O)c1ccc(Cl)cc1. The second-order valence-electron chi connectivity index (χ2n) is 4.46. The number of hydrogen-bond acceptors (Lipinski definition) is 3. The van der Waals surface area contributed by atoms with Crippen LogP contribution in [0.15, 0.2) is 30.3 Å². The van der Waals surface area contributed by atoms with Gasteiger partial charge in [0, 0.05) is 11.1 Å². The van der Waals surface area contributed by atoms with Crippen LogP contribution in [0.3, 0.4) is 0 Å². The molecule has 1 aromatic rings. The number of hydrogen-bond donors (Lipinski definition) is 1. The standard InChI is InChI=1S/C14H16ClNO3/c1-9(2)8-19-14(18)12(7-13(16)17)10-3-5-11(15)6-4-10/h3-7,9H,8H2,1-2H3,(H2,16,17). The normalized spacial score (nSPS) is 11.5. The van der Waals surface area contributed by atoms with Gasteiger partial charge in [0.1, 0.15) is 0 Å². The van der Waals surface area contributed by atoms with Crippen molar-refractivity contribution in [3.8, 4) is 0 Å². The van der Waals surface area contributed by atoms with Crippen molar-refractivity contribution >= 4 is 29.1 Å². The van der Waals surface area contributed by atoms with Gasteiger partial charge in [-0.2, -0.15) is 0 Å². The minimum Gasteiger partial charge on any atom is -0.462 e. The summed E-state index contributed by atoms with van der Waals surface area (Å²) in [5.74, 6) is -1.06. The van der Waals surface area contributed by atoms with E-state index in [9.17, 15) is 9.59 Å². The predicted octanol–water partition coefficient (Wildman–Crippen LogP) is 2.41. The molecule has 0 aromatic heterocycles. The van der Waals surface area contributed by atoms with E-state index in [0.717, 1.165) is 6.08 Å². The Morgan fingerprint density at radius 2 is 1.89 bits per heavy atom. The first kappa shape index (κ1) is 15.2. The first-order valence-corrected chi connectivity index (χ1v) is 6.22. The van der Waals surface area contributed by atoms with Gasteiger partial charge in [-0.05, 0) is 23.6 Å². The molecular weight excluding hydrogens is 266 g/mol. The summed E-state index contributed by atoms with van der Waals surface area (Å²) >= 11 is 5.78. The van der Waals surface area contributed by atoms with Crippen LogP contribution < -0.4 is 5.73 Å². The summed E-state index contributed by atoms with van der Waals surface area (Å²) < 4.78 is 5.10. The average molecular weight is 282 g/mol. The maximum Gasteiger partial charge on any atom is 0.338 e. The fourth-order valence-corrected chi connectivity index (χ4v) is 1.48. The van der Waals surface area contributed by atoms with Gasteiger partial charge in [-0.25, -0.2) is 4.79 Å². The van der Waals surface area contributed by atoms with Crippen molar-refractivity contribution < 1.29 is 14.3 Å². The largest absolute Gasteiger partial charge is 0.462 e. The third-order valence-corrected chi connectivity index (χ3v) is 2.46. The van der Waals surface area contributed by atoms with Gasteiger partial charge in [0.05, 0.1) is 12.2 Å². The molecule has 1 amide bonds. The summed E-state index contributed by atoms with van der Waals surface area (Å²) in [6.07, 6.45) is 1.06. The highest BCUT2D eigenvalue weighted by molar-refractivity contribution is 6.30. The maximum atomic E-state index is 11.9. The Morgan fingerprint density at radius 1 is 1.32 bits per heavy atom. The zero-order valence-corrected chi connectivity index (χ0v) is 11.6. The molecule has 0 aliphatic heterocycles. The van der Waals surface area contributed by atoms with Crippen LogP contribution in [0, 0.1) is 5.92 Å².